The molecule has 1 saturated heterocycles. The molecule has 2 heterocycles. The van der Waals surface area contributed by atoms with Crippen molar-refractivity contribution in [2.24, 2.45) is 0 Å². The number of benzene rings is 1. The van der Waals surface area contributed by atoms with Crippen molar-refractivity contribution in [2.75, 3.05) is 23.7 Å². The summed E-state index contributed by atoms with van der Waals surface area (Å²) >= 11 is 0. The first-order chi connectivity index (χ1) is 12.7. The van der Waals surface area contributed by atoms with Crippen LogP contribution in [0.2, 0.25) is 0 Å². The van der Waals surface area contributed by atoms with Gasteiger partial charge in [0.25, 0.3) is 0 Å². The normalized spacial score (nSPS) is 15.0. The summed E-state index contributed by atoms with van der Waals surface area (Å²) in [6.45, 7) is 6.16. The number of nitrogens with zero attached hydrogens (tertiary/aromatic N) is 3. The van der Waals surface area contributed by atoms with Gasteiger partial charge in [0.15, 0.2) is 0 Å². The summed E-state index contributed by atoms with van der Waals surface area (Å²) in [7, 11) is 0. The molecule has 1 aromatic carbocycles. The lowest BCUT2D eigenvalue weighted by Crippen LogP contribution is -2.35. The van der Waals surface area contributed by atoms with Crippen LogP contribution in [0.15, 0.2) is 30.5 Å². The Morgan fingerprint density at radius 1 is 1.23 bits per heavy atom. The van der Waals surface area contributed by atoms with Crippen molar-refractivity contribution in [1.29, 1.82) is 5.26 Å². The molecular formula is C20H24N6. The highest BCUT2D eigenvalue weighted by molar-refractivity contribution is 5.68. The Balaban J connectivity index is 1.75. The number of aromatic nitrogens is 2. The number of nitriles is 1. The predicted octanol–water partition coefficient (Wildman–Crippen LogP) is 3.54. The maximum atomic E-state index is 8.69. The fourth-order valence-electron chi connectivity index (χ4n) is 3.20. The molecule has 0 amide bonds. The van der Waals surface area contributed by atoms with Crippen molar-refractivity contribution in [3.05, 3.63) is 47.2 Å². The highest BCUT2D eigenvalue weighted by Gasteiger charge is 2.14. The van der Waals surface area contributed by atoms with Crippen molar-refractivity contribution in [3.63, 3.8) is 0 Å². The highest BCUT2D eigenvalue weighted by atomic mass is 15.2. The van der Waals surface area contributed by atoms with Crippen LogP contribution in [0.1, 0.15) is 29.5 Å². The molecule has 0 atom stereocenters. The monoisotopic (exact) mass is 348 g/mol. The number of nitrogens with one attached hydrogen (secondary N) is 3. The zero-order valence-corrected chi connectivity index (χ0v) is 15.2. The van der Waals surface area contributed by atoms with Crippen LogP contribution in [0, 0.1) is 25.2 Å². The summed E-state index contributed by atoms with van der Waals surface area (Å²) < 4.78 is 0. The molecule has 0 aliphatic carbocycles. The molecule has 6 heteroatoms. The highest BCUT2D eigenvalue weighted by Crippen LogP contribution is 2.26. The third-order valence-electron chi connectivity index (χ3n) is 4.49. The van der Waals surface area contributed by atoms with E-state index in [1.807, 2.05) is 18.2 Å². The van der Waals surface area contributed by atoms with Crippen LogP contribution < -0.4 is 16.0 Å². The maximum absolute atomic E-state index is 8.69. The summed E-state index contributed by atoms with van der Waals surface area (Å²) in [5.41, 5.74) is 4.26. The van der Waals surface area contributed by atoms with E-state index in [1.165, 1.54) is 6.08 Å². The number of rotatable bonds is 5. The third-order valence-corrected chi connectivity index (χ3v) is 4.49. The van der Waals surface area contributed by atoms with Crippen LogP contribution in [-0.4, -0.2) is 29.1 Å². The van der Waals surface area contributed by atoms with Crippen LogP contribution in [0.4, 0.5) is 17.5 Å². The van der Waals surface area contributed by atoms with Gasteiger partial charge in [0.2, 0.25) is 5.95 Å². The standard InChI is InChI=1S/C20H24N6/c1-14-12-16(4-3-8-21)13-15(2)19(14)25-18-7-11-23-20(26-18)24-17-5-9-22-10-6-17/h3-4,7,11-13,17,22H,5-6,9-10H2,1-2H3,(H2,23,24,25,26)/b4-3+. The minimum atomic E-state index is 0.418. The van der Waals surface area contributed by atoms with E-state index in [0.29, 0.717) is 12.0 Å². The van der Waals surface area contributed by atoms with Gasteiger partial charge in [-0.1, -0.05) is 0 Å². The quantitative estimate of drug-likeness (QED) is 0.717. The molecule has 3 N–H and O–H groups in total. The van der Waals surface area contributed by atoms with E-state index in [4.69, 9.17) is 5.26 Å². The minimum Gasteiger partial charge on any atom is -0.351 e. The van der Waals surface area contributed by atoms with Gasteiger partial charge in [-0.3, -0.25) is 0 Å². The van der Waals surface area contributed by atoms with E-state index >= 15 is 0 Å². The zero-order valence-electron chi connectivity index (χ0n) is 15.2. The van der Waals surface area contributed by atoms with Gasteiger partial charge in [0, 0.05) is 24.0 Å². The van der Waals surface area contributed by atoms with Crippen LogP contribution in [0.25, 0.3) is 6.08 Å². The number of hydrogen-bond acceptors (Lipinski definition) is 6. The van der Waals surface area contributed by atoms with Gasteiger partial charge in [0.05, 0.1) is 6.07 Å². The van der Waals surface area contributed by atoms with E-state index < -0.39 is 0 Å². The number of hydrogen-bond donors (Lipinski definition) is 3. The Morgan fingerprint density at radius 2 is 1.96 bits per heavy atom. The van der Waals surface area contributed by atoms with E-state index in [1.54, 1.807) is 6.20 Å². The van der Waals surface area contributed by atoms with Gasteiger partial charge in [-0.15, -0.1) is 0 Å². The topological polar surface area (TPSA) is 85.7 Å². The molecule has 0 saturated carbocycles. The maximum Gasteiger partial charge on any atom is 0.224 e. The zero-order chi connectivity index (χ0) is 18.4. The van der Waals surface area contributed by atoms with Crippen molar-refractivity contribution in [2.45, 2.75) is 32.7 Å². The SMILES string of the molecule is Cc1cc(/C=C/C#N)cc(C)c1Nc1ccnc(NC2CCNCC2)n1. The molecule has 0 spiro atoms. The van der Waals surface area contributed by atoms with Gasteiger partial charge >= 0.3 is 0 Å². The molecule has 0 unspecified atom stereocenters. The lowest BCUT2D eigenvalue weighted by Gasteiger charge is -2.23. The largest absolute Gasteiger partial charge is 0.351 e. The molecule has 1 aliphatic rings. The van der Waals surface area contributed by atoms with Crippen LogP contribution in [0.5, 0.6) is 0 Å². The Bertz CT molecular complexity index is 807. The second kappa shape index (κ2) is 8.45. The minimum absolute atomic E-state index is 0.418. The molecule has 1 aliphatic heterocycles. The van der Waals surface area contributed by atoms with Crippen LogP contribution in [0.3, 0.4) is 0 Å². The van der Waals surface area contributed by atoms with E-state index in [2.05, 4.69) is 51.9 Å². The Hall–Kier alpha value is -2.91. The van der Waals surface area contributed by atoms with Crippen molar-refractivity contribution < 1.29 is 0 Å². The Morgan fingerprint density at radius 3 is 2.65 bits per heavy atom. The van der Waals surface area contributed by atoms with Crippen molar-refractivity contribution >= 4 is 23.5 Å². The number of aryl methyl sites for hydroxylation is 2. The van der Waals surface area contributed by atoms with E-state index in [9.17, 15) is 0 Å². The number of piperidine rings is 1. The predicted molar refractivity (Wildman–Crippen MR) is 105 cm³/mol. The molecule has 6 nitrogen and oxygen atoms in total. The molecule has 0 bridgehead atoms. The summed E-state index contributed by atoms with van der Waals surface area (Å²) in [5, 5.41) is 18.9. The molecule has 3 rings (SSSR count). The molecule has 26 heavy (non-hydrogen) atoms. The van der Waals surface area contributed by atoms with Crippen molar-refractivity contribution in [3.8, 4) is 6.07 Å². The fraction of sp³-hybridized carbons (Fsp3) is 0.350. The third kappa shape index (κ3) is 4.58. The van der Waals surface area contributed by atoms with Crippen LogP contribution >= 0.6 is 0 Å². The summed E-state index contributed by atoms with van der Waals surface area (Å²) in [4.78, 5) is 8.95. The van der Waals surface area contributed by atoms with Gasteiger partial charge < -0.3 is 16.0 Å². The lowest BCUT2D eigenvalue weighted by atomic mass is 10.0. The summed E-state index contributed by atoms with van der Waals surface area (Å²) in [6.07, 6.45) is 7.24. The summed E-state index contributed by atoms with van der Waals surface area (Å²) in [6, 6.07) is 8.42. The molecule has 1 aromatic heterocycles. The average molecular weight is 348 g/mol. The molecule has 2 aromatic rings. The second-order valence-corrected chi connectivity index (χ2v) is 6.55. The first-order valence-corrected chi connectivity index (χ1v) is 8.90. The molecular weight excluding hydrogens is 324 g/mol. The number of anilines is 3. The Kier molecular flexibility index (Phi) is 5.82. The van der Waals surface area contributed by atoms with E-state index in [0.717, 1.165) is 54.1 Å². The van der Waals surface area contributed by atoms with Crippen molar-refractivity contribution in [1.82, 2.24) is 15.3 Å². The van der Waals surface area contributed by atoms with Crippen LogP contribution in [-0.2, 0) is 0 Å². The van der Waals surface area contributed by atoms with Gasteiger partial charge in [0.1, 0.15) is 5.82 Å². The first-order valence-electron chi connectivity index (χ1n) is 8.90. The van der Waals surface area contributed by atoms with Gasteiger partial charge in [-0.05, 0) is 80.7 Å². The average Bonchev–Trinajstić information content (AvgIpc) is 2.64. The second-order valence-electron chi connectivity index (χ2n) is 6.55. The number of allylic oxidation sites excluding steroid dienone is 1. The van der Waals surface area contributed by atoms with E-state index in [-0.39, 0.29) is 0 Å². The van der Waals surface area contributed by atoms with Gasteiger partial charge in [-0.25, -0.2) is 4.98 Å². The smallest absolute Gasteiger partial charge is 0.224 e. The lowest BCUT2D eigenvalue weighted by molar-refractivity contribution is 0.477. The molecule has 1 fully saturated rings. The first kappa shape index (κ1) is 17.9. The van der Waals surface area contributed by atoms with Gasteiger partial charge in [-0.2, -0.15) is 10.2 Å². The molecule has 0 radical (unpaired) electrons. The fourth-order valence-corrected chi connectivity index (χ4v) is 3.20. The molecule has 134 valence electrons. The summed E-state index contributed by atoms with van der Waals surface area (Å²) in [5.74, 6) is 1.42. The Labute approximate surface area is 154 Å².